The molecule has 0 bridgehead atoms. The maximum Gasteiger partial charge on any atom is 0.306 e. The van der Waals surface area contributed by atoms with Gasteiger partial charge in [0.2, 0.25) is 0 Å². The predicted octanol–water partition coefficient (Wildman–Crippen LogP) is 10.2. The van der Waals surface area contributed by atoms with E-state index in [1.165, 1.54) is 89.9 Å². The fourth-order valence-electron chi connectivity index (χ4n) is 8.82. The van der Waals surface area contributed by atoms with Crippen LogP contribution in [0.5, 0.6) is 0 Å². The number of ether oxygens (including phenoxy) is 6. The molecule has 14 heteroatoms. The molecule has 14 nitrogen and oxygen atoms in total. The van der Waals surface area contributed by atoms with Crippen molar-refractivity contribution in [1.82, 2.24) is 0 Å². The van der Waals surface area contributed by atoms with E-state index in [0.29, 0.717) is 13.0 Å². The Morgan fingerprint density at radius 1 is 0.459 bits per heavy atom. The number of allylic oxidation sites excluding steroid dienone is 12. The summed E-state index contributed by atoms with van der Waals surface area (Å²) in [5.41, 5.74) is 0. The number of rotatable bonds is 46. The van der Waals surface area contributed by atoms with Crippen molar-refractivity contribution in [2.24, 2.45) is 0 Å². The summed E-state index contributed by atoms with van der Waals surface area (Å²) in [5, 5.41) is 72.3. The van der Waals surface area contributed by atoms with Crippen molar-refractivity contribution in [3.05, 3.63) is 72.9 Å². The summed E-state index contributed by atoms with van der Waals surface area (Å²) in [6.07, 6.45) is 42.4. The summed E-state index contributed by atoms with van der Waals surface area (Å²) >= 11 is 0. The van der Waals surface area contributed by atoms with E-state index in [-0.39, 0.29) is 19.6 Å². The van der Waals surface area contributed by atoms with Gasteiger partial charge in [-0.15, -0.1) is 0 Å². The number of esters is 1. The van der Waals surface area contributed by atoms with Crippen LogP contribution in [0, 0.1) is 0 Å². The molecule has 0 radical (unpaired) electrons. The highest BCUT2D eigenvalue weighted by atomic mass is 16.7. The molecule has 11 unspecified atom stereocenters. The van der Waals surface area contributed by atoms with E-state index >= 15 is 0 Å². The second-order valence-corrected chi connectivity index (χ2v) is 20.1. The van der Waals surface area contributed by atoms with Gasteiger partial charge in [-0.3, -0.25) is 4.79 Å². The number of hydrogen-bond donors (Lipinski definition) is 7. The molecule has 7 N–H and O–H groups in total. The number of unbranched alkanes of at least 4 members (excludes halogenated alkanes) is 20. The minimum atomic E-state index is -1.71. The molecule has 2 fully saturated rings. The minimum absolute atomic E-state index is 0.0498. The molecule has 2 aliphatic rings. The zero-order valence-corrected chi connectivity index (χ0v) is 45.8. The van der Waals surface area contributed by atoms with E-state index in [4.69, 9.17) is 28.4 Å². The predicted molar refractivity (Wildman–Crippen MR) is 293 cm³/mol. The first-order valence-electron chi connectivity index (χ1n) is 29.0. The molecule has 0 aliphatic carbocycles. The van der Waals surface area contributed by atoms with Gasteiger partial charge in [-0.2, -0.15) is 0 Å². The first-order valence-corrected chi connectivity index (χ1v) is 29.0. The van der Waals surface area contributed by atoms with E-state index in [1.807, 2.05) is 0 Å². The Hall–Kier alpha value is -2.57. The van der Waals surface area contributed by atoms with Crippen LogP contribution in [0.15, 0.2) is 72.9 Å². The molecule has 2 heterocycles. The van der Waals surface area contributed by atoms with Crippen LogP contribution < -0.4 is 0 Å². The van der Waals surface area contributed by atoms with Crippen LogP contribution in [0.4, 0.5) is 0 Å². The molecule has 0 amide bonds. The summed E-state index contributed by atoms with van der Waals surface area (Å²) in [7, 11) is 0. The monoisotopic (exact) mass is 1050 g/mol. The number of carbonyl (C=O) groups excluding carboxylic acids is 1. The normalized spacial score (nSPS) is 25.3. The maximum absolute atomic E-state index is 13.1. The van der Waals surface area contributed by atoms with Crippen molar-refractivity contribution in [3.63, 3.8) is 0 Å². The van der Waals surface area contributed by atoms with Crippen LogP contribution in [0.2, 0.25) is 0 Å². The van der Waals surface area contributed by atoms with Crippen molar-refractivity contribution in [2.75, 3.05) is 33.0 Å². The zero-order valence-electron chi connectivity index (χ0n) is 45.8. The highest BCUT2D eigenvalue weighted by molar-refractivity contribution is 5.69. The second-order valence-electron chi connectivity index (χ2n) is 20.1. The quantitative estimate of drug-likeness (QED) is 0.0172. The van der Waals surface area contributed by atoms with Gasteiger partial charge in [0, 0.05) is 13.0 Å². The number of aliphatic hydroxyl groups is 7. The van der Waals surface area contributed by atoms with Gasteiger partial charge in [-0.1, -0.05) is 202 Å². The van der Waals surface area contributed by atoms with Crippen LogP contribution in [0.3, 0.4) is 0 Å². The lowest BCUT2D eigenvalue weighted by Crippen LogP contribution is -2.61. The Morgan fingerprint density at radius 2 is 0.878 bits per heavy atom. The molecular formula is C60H104O14. The highest BCUT2D eigenvalue weighted by Gasteiger charge is 2.47. The van der Waals surface area contributed by atoms with Crippen LogP contribution in [-0.2, 0) is 33.2 Å². The standard InChI is InChI=1S/C60H104O14/c1-3-5-7-9-11-13-15-17-19-21-22-23-24-25-26-27-29-31-33-35-37-39-41-43-52(62)72-49(46-69-44-42-40-38-36-34-32-30-28-20-18-16-14-12-10-8-6-4-2)47-70-59-58(68)56(66)54(64)51(74-59)48-71-60-57(67)55(65)53(63)50(45-61)73-60/h5,7,11,13,17,19,22-23,25-26,29,31,49-51,53-61,63-68H,3-4,6,8-10,12,14-16,18,20-21,24,27-28,30,32-48H2,1-2H3/b7-5-,13-11-,19-17-,23-22-,26-25-,31-29-. The van der Waals surface area contributed by atoms with Crippen molar-refractivity contribution in [3.8, 4) is 0 Å². The average Bonchev–Trinajstić information content (AvgIpc) is 3.40. The average molecular weight is 1050 g/mol. The SMILES string of the molecule is CC/C=C\C/C=C\C/C=C\C/C=C\C/C=C\C/C=C\CCCCCCC(=O)OC(COCCCCCCCCCCCCCCCCCCC)COC1OC(COC2OC(CO)C(O)C(O)C2O)C(O)C(O)C1O. The number of hydrogen-bond acceptors (Lipinski definition) is 14. The van der Waals surface area contributed by atoms with Gasteiger partial charge in [0.25, 0.3) is 0 Å². The second kappa shape index (κ2) is 46.5. The first-order chi connectivity index (χ1) is 36.1. The molecule has 2 saturated heterocycles. The third kappa shape index (κ3) is 32.9. The lowest BCUT2D eigenvalue weighted by Gasteiger charge is -2.42. The van der Waals surface area contributed by atoms with Gasteiger partial charge in [0.15, 0.2) is 12.6 Å². The topological polar surface area (TPSA) is 214 Å². The molecule has 74 heavy (non-hydrogen) atoms. The number of aliphatic hydroxyl groups excluding tert-OH is 7. The third-order valence-corrected chi connectivity index (χ3v) is 13.5. The van der Waals surface area contributed by atoms with Crippen LogP contribution in [-0.4, -0.2) is 142 Å². The lowest BCUT2D eigenvalue weighted by molar-refractivity contribution is -0.332. The molecule has 0 aromatic heterocycles. The Kier molecular flexibility index (Phi) is 42.5. The molecule has 11 atom stereocenters. The molecule has 2 rings (SSSR count). The van der Waals surface area contributed by atoms with E-state index < -0.39 is 86.7 Å². The smallest absolute Gasteiger partial charge is 0.306 e. The number of carbonyl (C=O) groups is 1. The summed E-state index contributed by atoms with van der Waals surface area (Å²) in [6, 6.07) is 0. The lowest BCUT2D eigenvalue weighted by atomic mass is 9.98. The summed E-state index contributed by atoms with van der Waals surface area (Å²) < 4.78 is 34.4. The molecule has 2 aliphatic heterocycles. The molecule has 0 saturated carbocycles. The van der Waals surface area contributed by atoms with Gasteiger partial charge in [-0.05, 0) is 64.2 Å². The third-order valence-electron chi connectivity index (χ3n) is 13.5. The van der Waals surface area contributed by atoms with Crippen LogP contribution in [0.1, 0.15) is 200 Å². The van der Waals surface area contributed by atoms with E-state index in [9.17, 15) is 40.5 Å². The molecule has 0 spiro atoms. The Morgan fingerprint density at radius 3 is 1.38 bits per heavy atom. The van der Waals surface area contributed by atoms with Crippen LogP contribution >= 0.6 is 0 Å². The Balaban J connectivity index is 1.74. The summed E-state index contributed by atoms with van der Waals surface area (Å²) in [4.78, 5) is 13.1. The van der Waals surface area contributed by atoms with E-state index in [1.54, 1.807) is 0 Å². The van der Waals surface area contributed by atoms with Crippen LogP contribution in [0.25, 0.3) is 0 Å². The highest BCUT2D eigenvalue weighted by Crippen LogP contribution is 2.26. The van der Waals surface area contributed by atoms with Gasteiger partial charge < -0.3 is 64.2 Å². The zero-order chi connectivity index (χ0) is 53.7. The Labute approximate surface area is 447 Å². The molecule has 0 aromatic carbocycles. The fourth-order valence-corrected chi connectivity index (χ4v) is 8.82. The molecule has 428 valence electrons. The van der Waals surface area contributed by atoms with Crippen molar-refractivity contribution in [2.45, 2.75) is 268 Å². The largest absolute Gasteiger partial charge is 0.457 e. The first kappa shape index (κ1) is 67.5. The van der Waals surface area contributed by atoms with Gasteiger partial charge in [-0.25, -0.2) is 0 Å². The minimum Gasteiger partial charge on any atom is -0.457 e. The molecule has 0 aromatic rings. The van der Waals surface area contributed by atoms with Gasteiger partial charge in [0.05, 0.1) is 26.4 Å². The Bertz CT molecular complexity index is 1500. The van der Waals surface area contributed by atoms with Crippen molar-refractivity contribution >= 4 is 5.97 Å². The van der Waals surface area contributed by atoms with Gasteiger partial charge in [0.1, 0.15) is 54.9 Å². The molecular weight excluding hydrogens is 945 g/mol. The van der Waals surface area contributed by atoms with Crippen molar-refractivity contribution in [1.29, 1.82) is 0 Å². The fraction of sp³-hybridized carbons (Fsp3) is 0.783. The maximum atomic E-state index is 13.1. The van der Waals surface area contributed by atoms with E-state index in [2.05, 4.69) is 86.8 Å². The summed E-state index contributed by atoms with van der Waals surface area (Å²) in [6.45, 7) is 3.56. The summed E-state index contributed by atoms with van der Waals surface area (Å²) in [5.74, 6) is -0.400. The van der Waals surface area contributed by atoms with Gasteiger partial charge >= 0.3 is 5.97 Å². The van der Waals surface area contributed by atoms with E-state index in [0.717, 1.165) is 83.5 Å². The van der Waals surface area contributed by atoms with Crippen molar-refractivity contribution < 1.29 is 69.0 Å².